The van der Waals surface area contributed by atoms with Gasteiger partial charge < -0.3 is 38.7 Å². The summed E-state index contributed by atoms with van der Waals surface area (Å²) in [6, 6.07) is 42.4. The van der Waals surface area contributed by atoms with Crippen molar-refractivity contribution >= 4 is 34.2 Å². The van der Waals surface area contributed by atoms with Crippen LogP contribution in [0.4, 0.5) is 0 Å². The fourth-order valence-electron chi connectivity index (χ4n) is 9.42. The van der Waals surface area contributed by atoms with Crippen LogP contribution in [0.25, 0.3) is 101 Å². The van der Waals surface area contributed by atoms with Crippen LogP contribution >= 0.6 is 0 Å². The van der Waals surface area contributed by atoms with Gasteiger partial charge in [-0.2, -0.15) is 0 Å². The minimum atomic E-state index is -0.0724. The van der Waals surface area contributed by atoms with Gasteiger partial charge >= 0.3 is 0 Å². The first kappa shape index (κ1) is 46.6. The fraction of sp³-hybridized carbons (Fsp3) is 0.175. The van der Waals surface area contributed by atoms with Crippen LogP contribution in [0.2, 0.25) is 0 Å². The number of hydrogen-bond donors (Lipinski definition) is 2. The van der Waals surface area contributed by atoms with Gasteiger partial charge in [0.1, 0.15) is 23.0 Å². The van der Waals surface area contributed by atoms with Crippen molar-refractivity contribution in [1.82, 2.24) is 24.5 Å². The van der Waals surface area contributed by atoms with Gasteiger partial charge in [0.2, 0.25) is 0 Å². The predicted octanol–water partition coefficient (Wildman–Crippen LogP) is 11.0. The molecule has 0 aliphatic carbocycles. The van der Waals surface area contributed by atoms with Crippen LogP contribution in [0.5, 0.6) is 23.0 Å². The number of ether oxygens (including phenoxy) is 4. The van der Waals surface area contributed by atoms with Gasteiger partial charge in [0, 0.05) is 59.1 Å². The van der Waals surface area contributed by atoms with Crippen molar-refractivity contribution in [2.75, 3.05) is 41.7 Å². The quantitative estimate of drug-likeness (QED) is 0.108. The molecule has 0 saturated carbocycles. The molecule has 4 aromatic heterocycles. The van der Waals surface area contributed by atoms with Crippen LogP contribution in [0, 0.1) is 0 Å². The molecule has 4 aromatic carbocycles. The second-order valence-electron chi connectivity index (χ2n) is 16.6. The Balaban J connectivity index is 0.00000593. The number of fused-ring (bicyclic) bond motifs is 11. The van der Waals surface area contributed by atoms with E-state index in [1.807, 2.05) is 91.0 Å². The number of aryl methyl sites for hydroxylation is 2. The first-order valence-electron chi connectivity index (χ1n) is 22.6. The Morgan fingerprint density at radius 2 is 0.986 bits per heavy atom. The number of aliphatic hydroxyl groups is 2. The van der Waals surface area contributed by atoms with Crippen molar-refractivity contribution in [1.29, 1.82) is 0 Å². The minimum Gasteiger partial charge on any atom is -0.657 e. The summed E-state index contributed by atoms with van der Waals surface area (Å²) in [5, 5.41) is 20.5. The smallest absolute Gasteiger partial charge is 0.119 e. The molecule has 12 heteroatoms. The molecule has 0 amide bonds. The molecule has 0 radical (unpaired) electrons. The van der Waals surface area contributed by atoms with E-state index in [1.54, 1.807) is 28.4 Å². The van der Waals surface area contributed by atoms with Crippen molar-refractivity contribution in [3.63, 3.8) is 0 Å². The van der Waals surface area contributed by atoms with Gasteiger partial charge in [0.05, 0.1) is 67.9 Å². The summed E-state index contributed by atoms with van der Waals surface area (Å²) in [5.41, 5.74) is 16.0. The summed E-state index contributed by atoms with van der Waals surface area (Å²) in [6.45, 7) is -0.0713. The van der Waals surface area contributed by atoms with Gasteiger partial charge in [-0.15, -0.1) is 11.0 Å². The third kappa shape index (κ3) is 8.67. The molecule has 0 spiro atoms. The molecule has 11 nitrogen and oxygen atoms in total. The Labute approximate surface area is 410 Å². The van der Waals surface area contributed by atoms with E-state index in [9.17, 15) is 10.2 Å². The van der Waals surface area contributed by atoms with Crippen LogP contribution in [-0.4, -0.2) is 71.4 Å². The van der Waals surface area contributed by atoms with E-state index in [0.29, 0.717) is 64.6 Å². The average Bonchev–Trinajstić information content (AvgIpc) is 4.20. The molecule has 0 saturated heterocycles. The summed E-state index contributed by atoms with van der Waals surface area (Å²) >= 11 is 0. The van der Waals surface area contributed by atoms with Crippen LogP contribution < -0.4 is 23.9 Å². The molecule has 2 N–H and O–H groups in total. The van der Waals surface area contributed by atoms with Crippen molar-refractivity contribution in [3.05, 3.63) is 150 Å². The number of rotatable bonds is 13. The third-order valence-corrected chi connectivity index (χ3v) is 12.7. The van der Waals surface area contributed by atoms with Gasteiger partial charge in [0.25, 0.3) is 0 Å². The molecule has 0 atom stereocenters. The van der Waals surface area contributed by atoms with Crippen LogP contribution in [0.15, 0.2) is 127 Å². The second-order valence-corrected chi connectivity index (χ2v) is 16.6. The maximum atomic E-state index is 10.4. The van der Waals surface area contributed by atoms with Gasteiger partial charge in [0.15, 0.2) is 0 Å². The Hall–Kier alpha value is -7.50. The number of nitrogens with zero attached hydrogens (tertiary/aromatic N) is 5. The number of pyridine rings is 1. The molecule has 6 heterocycles. The van der Waals surface area contributed by atoms with Crippen LogP contribution in [-0.2, 0) is 36.4 Å². The Morgan fingerprint density at radius 3 is 1.52 bits per heavy atom. The molecule has 350 valence electrons. The van der Waals surface area contributed by atoms with Crippen molar-refractivity contribution in [3.8, 4) is 90.2 Å². The predicted molar refractivity (Wildman–Crippen MR) is 270 cm³/mol. The molecule has 0 unspecified atom stereocenters. The number of hydrogen-bond acceptors (Lipinski definition) is 9. The van der Waals surface area contributed by atoms with Crippen molar-refractivity contribution in [2.24, 2.45) is 7.05 Å². The first-order chi connectivity index (χ1) is 33.3. The van der Waals surface area contributed by atoms with Gasteiger partial charge in [-0.1, -0.05) is 60.7 Å². The zero-order valence-corrected chi connectivity index (χ0v) is 39.9. The largest absolute Gasteiger partial charge is 0.657 e. The standard InChI is InChI=1S/C57H50N5O6.Ni/c1-62-49-24-25-50(62)54(38-14-9-18-42(32-38)68-5)55-43-33-34(26-28-64)44(19-10-27-63)60-56(43)57(61-55)53(37-13-8-17-41(31-37)67-4)48-23-21-46(59-48)51(35-11-6-15-39(29-35)65-2)45-20-22-47(58-45)52(49)36-12-7-16-40(30-36)66-3;/h6-9,11-18,20-25,29-33,63-64H,10,19,26-28H2,1-5H3;/q-1;. The third-order valence-electron chi connectivity index (χ3n) is 12.7. The number of aromatic nitrogens is 5. The number of methoxy groups -OCH3 is 4. The summed E-state index contributed by atoms with van der Waals surface area (Å²) in [5.74, 6) is 2.79. The van der Waals surface area contributed by atoms with E-state index in [2.05, 4.69) is 60.2 Å². The molecular weight excluding hydrogens is 909 g/mol. The minimum absolute atomic E-state index is 0. The molecule has 69 heavy (non-hydrogen) atoms. The normalized spacial score (nSPS) is 11.5. The molecule has 2 aliphatic heterocycles. The van der Waals surface area contributed by atoms with E-state index in [-0.39, 0.29) is 29.7 Å². The molecule has 2 aliphatic rings. The molecule has 0 fully saturated rings. The zero-order valence-electron chi connectivity index (χ0n) is 38.9. The van der Waals surface area contributed by atoms with Crippen molar-refractivity contribution < 1.29 is 45.7 Å². The van der Waals surface area contributed by atoms with Gasteiger partial charge in [-0.25, -0.2) is 9.97 Å². The first-order valence-corrected chi connectivity index (χ1v) is 22.6. The van der Waals surface area contributed by atoms with E-state index >= 15 is 0 Å². The van der Waals surface area contributed by atoms with E-state index < -0.39 is 0 Å². The molecule has 8 aromatic rings. The summed E-state index contributed by atoms with van der Waals surface area (Å²) in [4.78, 5) is 22.2. The fourth-order valence-corrected chi connectivity index (χ4v) is 9.42. The summed E-state index contributed by atoms with van der Waals surface area (Å²) in [6.07, 6.45) is 5.52. The van der Waals surface area contributed by atoms with Crippen LogP contribution in [0.1, 0.15) is 29.1 Å². The van der Waals surface area contributed by atoms with Crippen LogP contribution in [0.3, 0.4) is 0 Å². The average molecular weight is 960 g/mol. The van der Waals surface area contributed by atoms with E-state index in [1.165, 1.54) is 0 Å². The monoisotopic (exact) mass is 958 g/mol. The molecule has 8 bridgehead atoms. The number of benzene rings is 4. The van der Waals surface area contributed by atoms with E-state index in [4.69, 9.17) is 38.9 Å². The van der Waals surface area contributed by atoms with Gasteiger partial charge in [-0.3, -0.25) is 4.98 Å². The van der Waals surface area contributed by atoms with Crippen molar-refractivity contribution in [2.45, 2.75) is 19.3 Å². The number of aliphatic hydroxyl groups excluding tert-OH is 2. The Morgan fingerprint density at radius 1 is 0.493 bits per heavy atom. The maximum absolute atomic E-state index is 10.4. The second kappa shape index (κ2) is 20.0. The molecule has 10 rings (SSSR count). The molecular formula is C57H50N5NiO6-. The van der Waals surface area contributed by atoms with E-state index in [0.717, 1.165) is 89.5 Å². The maximum Gasteiger partial charge on any atom is 0.119 e. The summed E-state index contributed by atoms with van der Waals surface area (Å²) < 4.78 is 25.4. The van der Waals surface area contributed by atoms with Gasteiger partial charge in [-0.05, 0) is 137 Å². The zero-order chi connectivity index (χ0) is 46.9. The Kier molecular flexibility index (Phi) is 13.5. The summed E-state index contributed by atoms with van der Waals surface area (Å²) in [7, 11) is 8.74. The topological polar surface area (TPSA) is 135 Å². The SMILES string of the molecule is COc1cccc(-c2c3nc(c(-c4cccc(OC)c4)c4ccc(c(-c5cccc(OC)c5)c5nc(c(-c6cccc(OC)c6)c6ccc2[n-]6)-c2nc(CCCO)c(CCO)cc2-5)n4C)C=C3)c1.[Ni]. The Bertz CT molecular complexity index is 3450.